The first-order valence-electron chi connectivity index (χ1n) is 6.25. The summed E-state index contributed by atoms with van der Waals surface area (Å²) in [5, 5.41) is 12.9. The van der Waals surface area contributed by atoms with Crippen LogP contribution in [-0.4, -0.2) is 16.8 Å². The molecule has 20 heavy (non-hydrogen) atoms. The van der Waals surface area contributed by atoms with E-state index in [2.05, 4.69) is 5.16 Å². The summed E-state index contributed by atoms with van der Waals surface area (Å²) >= 11 is 0. The smallest absolute Gasteiger partial charge is 0.354 e. The largest absolute Gasteiger partial charge is 0.477 e. The first-order valence-corrected chi connectivity index (χ1v) is 6.25. The number of carboxylic acids is 1. The molecule has 0 aliphatic heterocycles. The van der Waals surface area contributed by atoms with E-state index < -0.39 is 5.97 Å². The SMILES string of the molecule is O=C(O)C(Cc1ccccc1)=NOCc1ccccc1. The van der Waals surface area contributed by atoms with E-state index in [-0.39, 0.29) is 18.7 Å². The maximum atomic E-state index is 11.1. The Kier molecular flexibility index (Phi) is 4.89. The predicted molar refractivity (Wildman–Crippen MR) is 76.4 cm³/mol. The van der Waals surface area contributed by atoms with Crippen LogP contribution in [-0.2, 0) is 22.7 Å². The standard InChI is InChI=1S/C16H15NO3/c18-16(19)15(11-13-7-3-1-4-8-13)17-20-12-14-9-5-2-6-10-14/h1-10H,11-12H2,(H,18,19). The Labute approximate surface area is 117 Å². The van der Waals surface area contributed by atoms with Gasteiger partial charge < -0.3 is 9.94 Å². The van der Waals surface area contributed by atoms with Crippen molar-refractivity contribution in [3.63, 3.8) is 0 Å². The van der Waals surface area contributed by atoms with Gasteiger partial charge in [-0.15, -0.1) is 0 Å². The zero-order chi connectivity index (χ0) is 14.2. The summed E-state index contributed by atoms with van der Waals surface area (Å²) in [5.74, 6) is -1.07. The summed E-state index contributed by atoms with van der Waals surface area (Å²) in [4.78, 5) is 16.3. The van der Waals surface area contributed by atoms with Crippen LogP contribution in [0.3, 0.4) is 0 Å². The van der Waals surface area contributed by atoms with E-state index in [1.165, 1.54) is 0 Å². The van der Waals surface area contributed by atoms with Crippen LogP contribution >= 0.6 is 0 Å². The van der Waals surface area contributed by atoms with Gasteiger partial charge in [-0.3, -0.25) is 0 Å². The molecule has 1 N–H and O–H groups in total. The number of benzene rings is 2. The van der Waals surface area contributed by atoms with E-state index >= 15 is 0 Å². The molecule has 0 heterocycles. The molecular weight excluding hydrogens is 254 g/mol. The van der Waals surface area contributed by atoms with E-state index in [4.69, 9.17) is 9.94 Å². The maximum absolute atomic E-state index is 11.1. The zero-order valence-corrected chi connectivity index (χ0v) is 10.9. The van der Waals surface area contributed by atoms with Gasteiger partial charge in [-0.2, -0.15) is 0 Å². The number of carboxylic acid groups (broad SMARTS) is 1. The van der Waals surface area contributed by atoms with Gasteiger partial charge in [-0.05, 0) is 11.1 Å². The van der Waals surface area contributed by atoms with E-state index in [1.54, 1.807) is 0 Å². The Bertz CT molecular complexity index is 579. The second kappa shape index (κ2) is 7.09. The van der Waals surface area contributed by atoms with E-state index in [0.717, 1.165) is 11.1 Å². The number of hydrogen-bond donors (Lipinski definition) is 1. The molecule has 0 aromatic heterocycles. The molecule has 0 bridgehead atoms. The van der Waals surface area contributed by atoms with Gasteiger partial charge in [-0.25, -0.2) is 4.79 Å². The molecule has 0 saturated heterocycles. The third kappa shape index (κ3) is 4.24. The molecule has 0 unspecified atom stereocenters. The number of oxime groups is 1. The minimum atomic E-state index is -1.07. The number of aliphatic carboxylic acids is 1. The topological polar surface area (TPSA) is 58.9 Å². The summed E-state index contributed by atoms with van der Waals surface area (Å²) in [6.45, 7) is 0.256. The first-order chi connectivity index (χ1) is 9.75. The highest BCUT2D eigenvalue weighted by Crippen LogP contribution is 2.04. The fourth-order valence-corrected chi connectivity index (χ4v) is 1.70. The molecular formula is C16H15NO3. The molecule has 2 aromatic rings. The minimum Gasteiger partial charge on any atom is -0.477 e. The predicted octanol–water partition coefficient (Wildman–Crippen LogP) is 2.89. The Balaban J connectivity index is 1.98. The first kappa shape index (κ1) is 13.8. The van der Waals surface area contributed by atoms with Gasteiger partial charge >= 0.3 is 5.97 Å². The number of nitrogens with zero attached hydrogens (tertiary/aromatic N) is 1. The average Bonchev–Trinajstić information content (AvgIpc) is 2.48. The van der Waals surface area contributed by atoms with E-state index in [1.807, 2.05) is 60.7 Å². The quantitative estimate of drug-likeness (QED) is 0.648. The lowest BCUT2D eigenvalue weighted by Crippen LogP contribution is -2.16. The number of rotatable bonds is 6. The van der Waals surface area contributed by atoms with Gasteiger partial charge in [0.1, 0.15) is 6.61 Å². The van der Waals surface area contributed by atoms with Crippen LogP contribution in [0.2, 0.25) is 0 Å². The van der Waals surface area contributed by atoms with Crippen molar-refractivity contribution >= 4 is 11.7 Å². The molecule has 0 aliphatic carbocycles. The Morgan fingerprint density at radius 2 is 1.50 bits per heavy atom. The van der Waals surface area contributed by atoms with Crippen molar-refractivity contribution in [2.75, 3.05) is 0 Å². The number of hydrogen-bond acceptors (Lipinski definition) is 3. The Morgan fingerprint density at radius 1 is 0.950 bits per heavy atom. The van der Waals surface area contributed by atoms with Crippen LogP contribution in [0.4, 0.5) is 0 Å². The van der Waals surface area contributed by atoms with Crippen molar-refractivity contribution in [2.24, 2.45) is 5.16 Å². The highest BCUT2D eigenvalue weighted by atomic mass is 16.6. The fraction of sp³-hybridized carbons (Fsp3) is 0.125. The Morgan fingerprint density at radius 3 is 2.05 bits per heavy atom. The third-order valence-electron chi connectivity index (χ3n) is 2.71. The molecule has 0 atom stereocenters. The lowest BCUT2D eigenvalue weighted by Gasteiger charge is -2.03. The summed E-state index contributed by atoms with van der Waals surface area (Å²) in [6.07, 6.45) is 0.241. The second-order valence-electron chi connectivity index (χ2n) is 4.26. The lowest BCUT2D eigenvalue weighted by molar-refractivity contribution is -0.129. The van der Waals surface area contributed by atoms with Crippen molar-refractivity contribution < 1.29 is 14.7 Å². The van der Waals surface area contributed by atoms with Crippen LogP contribution in [0.15, 0.2) is 65.8 Å². The van der Waals surface area contributed by atoms with Gasteiger partial charge in [0.15, 0.2) is 5.71 Å². The fourth-order valence-electron chi connectivity index (χ4n) is 1.70. The van der Waals surface area contributed by atoms with Crippen LogP contribution in [0.5, 0.6) is 0 Å². The van der Waals surface area contributed by atoms with Gasteiger partial charge in [0.25, 0.3) is 0 Å². The molecule has 2 aromatic carbocycles. The van der Waals surface area contributed by atoms with E-state index in [9.17, 15) is 4.79 Å². The monoisotopic (exact) mass is 269 g/mol. The highest BCUT2D eigenvalue weighted by Gasteiger charge is 2.11. The average molecular weight is 269 g/mol. The van der Waals surface area contributed by atoms with Crippen LogP contribution in [0.1, 0.15) is 11.1 Å². The second-order valence-corrected chi connectivity index (χ2v) is 4.26. The Hall–Kier alpha value is -2.62. The third-order valence-corrected chi connectivity index (χ3v) is 2.71. The van der Waals surface area contributed by atoms with Crippen molar-refractivity contribution in [2.45, 2.75) is 13.0 Å². The molecule has 4 nitrogen and oxygen atoms in total. The molecule has 2 rings (SSSR count). The highest BCUT2D eigenvalue weighted by molar-refractivity contribution is 6.35. The molecule has 0 spiro atoms. The molecule has 0 amide bonds. The van der Waals surface area contributed by atoms with Crippen molar-refractivity contribution in [3.8, 4) is 0 Å². The minimum absolute atomic E-state index is 0.00729. The summed E-state index contributed by atoms with van der Waals surface area (Å²) in [5.41, 5.74) is 1.82. The van der Waals surface area contributed by atoms with Gasteiger partial charge in [0.05, 0.1) is 0 Å². The maximum Gasteiger partial charge on any atom is 0.354 e. The van der Waals surface area contributed by atoms with Crippen LogP contribution in [0, 0.1) is 0 Å². The summed E-state index contributed by atoms with van der Waals surface area (Å²) < 4.78 is 0. The molecule has 4 heteroatoms. The van der Waals surface area contributed by atoms with Crippen LogP contribution < -0.4 is 0 Å². The van der Waals surface area contributed by atoms with Gasteiger partial charge in [-0.1, -0.05) is 65.8 Å². The van der Waals surface area contributed by atoms with Crippen LogP contribution in [0.25, 0.3) is 0 Å². The molecule has 0 fully saturated rings. The van der Waals surface area contributed by atoms with Gasteiger partial charge in [0.2, 0.25) is 0 Å². The van der Waals surface area contributed by atoms with Crippen molar-refractivity contribution in [1.82, 2.24) is 0 Å². The van der Waals surface area contributed by atoms with E-state index in [0.29, 0.717) is 0 Å². The molecule has 102 valence electrons. The summed E-state index contributed by atoms with van der Waals surface area (Å²) in [7, 11) is 0. The zero-order valence-electron chi connectivity index (χ0n) is 10.9. The normalized spacial score (nSPS) is 11.1. The lowest BCUT2D eigenvalue weighted by atomic mass is 10.1. The summed E-state index contributed by atoms with van der Waals surface area (Å²) in [6, 6.07) is 18.8. The number of carbonyl (C=O) groups is 1. The molecule has 0 aliphatic rings. The van der Waals surface area contributed by atoms with Crippen molar-refractivity contribution in [1.29, 1.82) is 0 Å². The van der Waals surface area contributed by atoms with Crippen molar-refractivity contribution in [3.05, 3.63) is 71.8 Å². The molecule has 0 radical (unpaired) electrons. The molecule has 0 saturated carbocycles. The van der Waals surface area contributed by atoms with Gasteiger partial charge in [0, 0.05) is 6.42 Å².